The van der Waals surface area contributed by atoms with Gasteiger partial charge >= 0.3 is 12.0 Å². The summed E-state index contributed by atoms with van der Waals surface area (Å²) in [5.74, 6) is 0.394. The molecule has 21 heavy (non-hydrogen) atoms. The molecule has 2 aliphatic heterocycles. The van der Waals surface area contributed by atoms with Gasteiger partial charge in [-0.05, 0) is 43.9 Å². The normalized spacial score (nSPS) is 24.1. The van der Waals surface area contributed by atoms with E-state index < -0.39 is 5.97 Å². The fraction of sp³-hybridized carbons (Fsp3) is 0.875. The van der Waals surface area contributed by atoms with E-state index in [0.717, 1.165) is 57.8 Å². The third-order valence-electron chi connectivity index (χ3n) is 5.02. The van der Waals surface area contributed by atoms with Crippen LogP contribution in [-0.2, 0) is 4.79 Å². The predicted molar refractivity (Wildman–Crippen MR) is 81.2 cm³/mol. The third kappa shape index (κ3) is 4.61. The summed E-state index contributed by atoms with van der Waals surface area (Å²) in [5, 5.41) is 8.78. The van der Waals surface area contributed by atoms with Gasteiger partial charge in [0.05, 0.1) is 0 Å². The van der Waals surface area contributed by atoms with Crippen LogP contribution < -0.4 is 0 Å². The minimum absolute atomic E-state index is 0.171. The monoisotopic (exact) mass is 296 g/mol. The Bertz CT molecular complexity index is 365. The molecule has 1 atom stereocenters. The molecule has 120 valence electrons. The second-order valence-electron chi connectivity index (χ2n) is 6.51. The zero-order valence-corrected chi connectivity index (χ0v) is 13.1. The molecule has 2 aliphatic rings. The van der Waals surface area contributed by atoms with Crippen molar-refractivity contribution in [3.63, 3.8) is 0 Å². The lowest BCUT2D eigenvalue weighted by Gasteiger charge is -2.39. The lowest BCUT2D eigenvalue weighted by atomic mass is 9.93. The number of aliphatic carboxylic acids is 1. The standard InChI is InChI=1S/C16H28N2O3/c1-2-13-7-10-17(11-8-13)16(21)18-9-3-4-14(12-18)5-6-15(19)20/h13-14H,2-12H2,1H3,(H,19,20). The summed E-state index contributed by atoms with van der Waals surface area (Å²) < 4.78 is 0. The van der Waals surface area contributed by atoms with Crippen LogP contribution in [0.4, 0.5) is 4.79 Å². The Morgan fingerprint density at radius 3 is 2.38 bits per heavy atom. The van der Waals surface area contributed by atoms with E-state index in [2.05, 4.69) is 6.92 Å². The summed E-state index contributed by atoms with van der Waals surface area (Å²) in [6.45, 7) is 5.55. The van der Waals surface area contributed by atoms with Gasteiger partial charge in [-0.3, -0.25) is 4.79 Å². The van der Waals surface area contributed by atoms with Crippen LogP contribution in [0.1, 0.15) is 51.9 Å². The van der Waals surface area contributed by atoms with Crippen LogP contribution in [0.5, 0.6) is 0 Å². The molecule has 2 amide bonds. The molecule has 2 fully saturated rings. The maximum Gasteiger partial charge on any atom is 0.320 e. The van der Waals surface area contributed by atoms with Crippen LogP contribution in [0.2, 0.25) is 0 Å². The topological polar surface area (TPSA) is 60.9 Å². The van der Waals surface area contributed by atoms with Crippen LogP contribution >= 0.6 is 0 Å². The highest BCUT2D eigenvalue weighted by Crippen LogP contribution is 2.24. The maximum absolute atomic E-state index is 12.6. The number of hydrogen-bond donors (Lipinski definition) is 1. The molecular formula is C16H28N2O3. The number of carbonyl (C=O) groups is 2. The number of carboxylic acid groups (broad SMARTS) is 1. The summed E-state index contributed by atoms with van der Waals surface area (Å²) in [6, 6.07) is 0.171. The average Bonchev–Trinajstić information content (AvgIpc) is 2.52. The zero-order valence-electron chi connectivity index (χ0n) is 13.1. The Labute approximate surface area is 127 Å². The molecule has 1 unspecified atom stereocenters. The number of hydrogen-bond acceptors (Lipinski definition) is 2. The van der Waals surface area contributed by atoms with Crippen molar-refractivity contribution in [3.05, 3.63) is 0 Å². The fourth-order valence-electron chi connectivity index (χ4n) is 3.53. The fourth-order valence-corrected chi connectivity index (χ4v) is 3.53. The van der Waals surface area contributed by atoms with Crippen molar-refractivity contribution >= 4 is 12.0 Å². The zero-order chi connectivity index (χ0) is 15.2. The van der Waals surface area contributed by atoms with Gasteiger partial charge in [-0.15, -0.1) is 0 Å². The third-order valence-corrected chi connectivity index (χ3v) is 5.02. The van der Waals surface area contributed by atoms with E-state index in [1.54, 1.807) is 0 Å². The molecular weight excluding hydrogens is 268 g/mol. The molecule has 1 N–H and O–H groups in total. The molecule has 0 aromatic heterocycles. The number of carboxylic acids is 1. The Morgan fingerprint density at radius 2 is 1.76 bits per heavy atom. The molecule has 0 aliphatic carbocycles. The summed E-state index contributed by atoms with van der Waals surface area (Å²) in [7, 11) is 0. The Morgan fingerprint density at radius 1 is 1.05 bits per heavy atom. The minimum Gasteiger partial charge on any atom is -0.481 e. The quantitative estimate of drug-likeness (QED) is 0.867. The minimum atomic E-state index is -0.736. The molecule has 0 radical (unpaired) electrons. The molecule has 5 nitrogen and oxygen atoms in total. The highest BCUT2D eigenvalue weighted by atomic mass is 16.4. The van der Waals surface area contributed by atoms with Gasteiger partial charge in [0.15, 0.2) is 0 Å². The van der Waals surface area contributed by atoms with Crippen molar-refractivity contribution in [2.45, 2.75) is 51.9 Å². The highest BCUT2D eigenvalue weighted by Gasteiger charge is 2.29. The Hall–Kier alpha value is -1.26. The number of nitrogens with zero attached hydrogens (tertiary/aromatic N) is 2. The Kier molecular flexibility index (Phi) is 5.88. The molecule has 0 bridgehead atoms. The lowest BCUT2D eigenvalue weighted by Crippen LogP contribution is -2.49. The van der Waals surface area contributed by atoms with Gasteiger partial charge in [0.1, 0.15) is 0 Å². The molecule has 0 spiro atoms. The van der Waals surface area contributed by atoms with Crippen LogP contribution in [-0.4, -0.2) is 53.1 Å². The summed E-state index contributed by atoms with van der Waals surface area (Å²) >= 11 is 0. The smallest absolute Gasteiger partial charge is 0.320 e. The lowest BCUT2D eigenvalue weighted by molar-refractivity contribution is -0.137. The molecule has 5 heteroatoms. The number of amides is 2. The van der Waals surface area contributed by atoms with Crippen molar-refractivity contribution in [1.82, 2.24) is 9.80 Å². The number of piperidine rings is 2. The first kappa shape index (κ1) is 16.1. The van der Waals surface area contributed by atoms with Crippen LogP contribution in [0.25, 0.3) is 0 Å². The van der Waals surface area contributed by atoms with E-state index in [-0.39, 0.29) is 12.5 Å². The number of rotatable bonds is 4. The first-order valence-electron chi connectivity index (χ1n) is 8.35. The second kappa shape index (κ2) is 7.66. The van der Waals surface area contributed by atoms with E-state index in [1.165, 1.54) is 6.42 Å². The van der Waals surface area contributed by atoms with Crippen molar-refractivity contribution < 1.29 is 14.7 Å². The van der Waals surface area contributed by atoms with Gasteiger partial charge in [0, 0.05) is 32.6 Å². The van der Waals surface area contributed by atoms with Crippen LogP contribution in [0, 0.1) is 11.8 Å². The number of urea groups is 1. The average molecular weight is 296 g/mol. The van der Waals surface area contributed by atoms with Crippen LogP contribution in [0.15, 0.2) is 0 Å². The second-order valence-corrected chi connectivity index (χ2v) is 6.51. The summed E-state index contributed by atoms with van der Waals surface area (Å²) in [5.41, 5.74) is 0. The van der Waals surface area contributed by atoms with Crippen molar-refractivity contribution in [2.24, 2.45) is 11.8 Å². The van der Waals surface area contributed by atoms with Crippen LogP contribution in [0.3, 0.4) is 0 Å². The van der Waals surface area contributed by atoms with Crippen molar-refractivity contribution in [3.8, 4) is 0 Å². The molecule has 0 aromatic carbocycles. The molecule has 0 saturated carbocycles. The van der Waals surface area contributed by atoms with Gasteiger partial charge in [0.25, 0.3) is 0 Å². The SMILES string of the molecule is CCC1CCN(C(=O)N2CCCC(CCC(=O)O)C2)CC1. The van der Waals surface area contributed by atoms with Gasteiger partial charge in [-0.1, -0.05) is 13.3 Å². The predicted octanol–water partition coefficient (Wildman–Crippen LogP) is 2.81. The molecule has 2 rings (SSSR count). The highest BCUT2D eigenvalue weighted by molar-refractivity contribution is 5.74. The van der Waals surface area contributed by atoms with Gasteiger partial charge in [-0.2, -0.15) is 0 Å². The summed E-state index contributed by atoms with van der Waals surface area (Å²) in [4.78, 5) is 27.2. The van der Waals surface area contributed by atoms with Gasteiger partial charge in [-0.25, -0.2) is 4.79 Å². The van der Waals surface area contributed by atoms with E-state index in [9.17, 15) is 9.59 Å². The first-order chi connectivity index (χ1) is 10.1. The maximum atomic E-state index is 12.6. The number of likely N-dealkylation sites (tertiary alicyclic amines) is 2. The van der Waals surface area contributed by atoms with Gasteiger partial charge < -0.3 is 14.9 Å². The molecule has 0 aromatic rings. The van der Waals surface area contributed by atoms with E-state index in [0.29, 0.717) is 12.3 Å². The van der Waals surface area contributed by atoms with Gasteiger partial charge in [0.2, 0.25) is 0 Å². The summed E-state index contributed by atoms with van der Waals surface area (Å²) in [6.07, 6.45) is 6.42. The van der Waals surface area contributed by atoms with E-state index in [1.807, 2.05) is 9.80 Å². The molecule has 2 heterocycles. The molecule has 2 saturated heterocycles. The van der Waals surface area contributed by atoms with Crippen molar-refractivity contribution in [1.29, 1.82) is 0 Å². The van der Waals surface area contributed by atoms with E-state index >= 15 is 0 Å². The number of carbonyl (C=O) groups excluding carboxylic acids is 1. The first-order valence-corrected chi connectivity index (χ1v) is 8.35. The Balaban J connectivity index is 1.80. The van der Waals surface area contributed by atoms with Crippen molar-refractivity contribution in [2.75, 3.05) is 26.2 Å². The largest absolute Gasteiger partial charge is 0.481 e. The van der Waals surface area contributed by atoms with E-state index in [4.69, 9.17) is 5.11 Å².